The molecular weight excluding hydrogens is 296 g/mol. The van der Waals surface area contributed by atoms with Crippen molar-refractivity contribution in [2.24, 2.45) is 0 Å². The molecule has 0 aliphatic heterocycles. The van der Waals surface area contributed by atoms with Gasteiger partial charge < -0.3 is 0 Å². The summed E-state index contributed by atoms with van der Waals surface area (Å²) in [7, 11) is 0. The van der Waals surface area contributed by atoms with Gasteiger partial charge >= 0.3 is 0 Å². The van der Waals surface area contributed by atoms with Crippen molar-refractivity contribution in [1.29, 1.82) is 0 Å². The number of pyridine rings is 1. The molecule has 0 saturated heterocycles. The van der Waals surface area contributed by atoms with Gasteiger partial charge in [0, 0.05) is 10.6 Å². The van der Waals surface area contributed by atoms with E-state index in [4.69, 9.17) is 0 Å². The third-order valence-electron chi connectivity index (χ3n) is 1.73. The van der Waals surface area contributed by atoms with Gasteiger partial charge in [0.15, 0.2) is 5.82 Å². The normalized spacial score (nSPS) is 10.4. The highest BCUT2D eigenvalue weighted by atomic mass is 127. The molecule has 14 heavy (non-hydrogen) atoms. The predicted octanol–water partition coefficient (Wildman–Crippen LogP) is 2.34. The molecule has 72 valence electrons. The molecule has 2 aromatic heterocycles. The minimum absolute atomic E-state index is 0.338. The first-order chi connectivity index (χ1) is 6.79. The summed E-state index contributed by atoms with van der Waals surface area (Å²) < 4.78 is 15.1. The number of aromatic nitrogens is 3. The van der Waals surface area contributed by atoms with E-state index in [1.54, 1.807) is 10.7 Å². The molecular formula is C9H7FIN3. The van der Waals surface area contributed by atoms with Crippen molar-refractivity contribution in [3.63, 3.8) is 0 Å². The first-order valence-corrected chi connectivity index (χ1v) is 5.54. The number of halogens is 2. The summed E-state index contributed by atoms with van der Waals surface area (Å²) in [6, 6.07) is 4.88. The van der Waals surface area contributed by atoms with Gasteiger partial charge in [0.25, 0.3) is 0 Å². The molecule has 0 aliphatic rings. The van der Waals surface area contributed by atoms with E-state index in [-0.39, 0.29) is 5.82 Å². The van der Waals surface area contributed by atoms with Gasteiger partial charge in [0.1, 0.15) is 5.82 Å². The second-order valence-corrected chi connectivity index (χ2v) is 3.48. The second-order valence-electron chi connectivity index (χ2n) is 2.72. The van der Waals surface area contributed by atoms with Crippen LogP contribution in [0.15, 0.2) is 30.6 Å². The van der Waals surface area contributed by atoms with Crippen molar-refractivity contribution in [2.75, 3.05) is 0 Å². The molecule has 0 aliphatic carbocycles. The Balaban J connectivity index is 2.34. The minimum atomic E-state index is -0.338. The standard InChI is InChI=1S/C9H7FIN3/c10-7-1-2-9(12-6-7)14-4-3-8(5-11)13-14/h1-4,6H,5H2. The average molecular weight is 303 g/mol. The predicted molar refractivity (Wildman–Crippen MR) is 59.0 cm³/mol. The van der Waals surface area contributed by atoms with Crippen LogP contribution in [0.3, 0.4) is 0 Å². The van der Waals surface area contributed by atoms with Gasteiger partial charge in [-0.1, -0.05) is 22.6 Å². The lowest BCUT2D eigenvalue weighted by Gasteiger charge is -1.98. The number of rotatable bonds is 2. The fraction of sp³-hybridized carbons (Fsp3) is 0.111. The molecule has 5 heteroatoms. The zero-order valence-electron chi connectivity index (χ0n) is 7.19. The van der Waals surface area contributed by atoms with Crippen molar-refractivity contribution >= 4 is 22.6 Å². The first kappa shape index (κ1) is 9.57. The van der Waals surface area contributed by atoms with Crippen LogP contribution in [0, 0.1) is 5.82 Å². The zero-order valence-corrected chi connectivity index (χ0v) is 9.35. The van der Waals surface area contributed by atoms with Gasteiger partial charge in [0.2, 0.25) is 0 Å². The highest BCUT2D eigenvalue weighted by Crippen LogP contribution is 2.07. The lowest BCUT2D eigenvalue weighted by atomic mass is 10.4. The van der Waals surface area contributed by atoms with E-state index >= 15 is 0 Å². The number of nitrogens with zero attached hydrogens (tertiary/aromatic N) is 3. The summed E-state index contributed by atoms with van der Waals surface area (Å²) in [5.74, 6) is 0.289. The highest BCUT2D eigenvalue weighted by Gasteiger charge is 2.00. The minimum Gasteiger partial charge on any atom is -0.234 e. The van der Waals surface area contributed by atoms with Crippen molar-refractivity contribution in [2.45, 2.75) is 4.43 Å². The van der Waals surface area contributed by atoms with Crippen molar-refractivity contribution < 1.29 is 4.39 Å². The topological polar surface area (TPSA) is 30.7 Å². The zero-order chi connectivity index (χ0) is 9.97. The molecule has 2 aromatic rings. The number of hydrogen-bond acceptors (Lipinski definition) is 2. The van der Waals surface area contributed by atoms with Crippen LogP contribution in [0.4, 0.5) is 4.39 Å². The Hall–Kier alpha value is -0.980. The molecule has 2 rings (SSSR count). The fourth-order valence-corrected chi connectivity index (χ4v) is 1.47. The molecule has 3 nitrogen and oxygen atoms in total. The first-order valence-electron chi connectivity index (χ1n) is 4.02. The Morgan fingerprint density at radius 3 is 2.79 bits per heavy atom. The fourth-order valence-electron chi connectivity index (χ4n) is 1.06. The molecule has 0 amide bonds. The molecule has 0 bridgehead atoms. The smallest absolute Gasteiger partial charge is 0.153 e. The third kappa shape index (κ3) is 1.92. The van der Waals surface area contributed by atoms with Crippen LogP contribution in [0.1, 0.15) is 5.69 Å². The molecule has 0 spiro atoms. The Bertz CT molecular complexity index is 424. The van der Waals surface area contributed by atoms with Crippen molar-refractivity contribution in [1.82, 2.24) is 14.8 Å². The summed E-state index contributed by atoms with van der Waals surface area (Å²) in [6.45, 7) is 0. The molecule has 0 unspecified atom stereocenters. The van der Waals surface area contributed by atoms with E-state index in [0.717, 1.165) is 10.1 Å². The molecule has 0 radical (unpaired) electrons. The van der Waals surface area contributed by atoms with Crippen molar-refractivity contribution in [3.8, 4) is 5.82 Å². The van der Waals surface area contributed by atoms with E-state index < -0.39 is 0 Å². The lowest BCUT2D eigenvalue weighted by Crippen LogP contribution is -1.98. The highest BCUT2D eigenvalue weighted by molar-refractivity contribution is 14.1. The Morgan fingerprint density at radius 2 is 2.21 bits per heavy atom. The molecule has 2 heterocycles. The molecule has 0 saturated carbocycles. The lowest BCUT2D eigenvalue weighted by molar-refractivity contribution is 0.619. The SMILES string of the molecule is Fc1ccc(-n2ccc(CI)n2)nc1. The maximum absolute atomic E-state index is 12.6. The van der Waals surface area contributed by atoms with E-state index in [9.17, 15) is 4.39 Å². The van der Waals surface area contributed by atoms with Gasteiger partial charge in [-0.2, -0.15) is 5.10 Å². The second kappa shape index (κ2) is 4.04. The summed E-state index contributed by atoms with van der Waals surface area (Å²) in [5, 5.41) is 4.25. The van der Waals surface area contributed by atoms with Crippen LogP contribution in [0.5, 0.6) is 0 Å². The number of hydrogen-bond donors (Lipinski definition) is 0. The van der Waals surface area contributed by atoms with Gasteiger partial charge in [-0.05, 0) is 18.2 Å². The Labute approximate surface area is 94.1 Å². The van der Waals surface area contributed by atoms with Crippen LogP contribution in [0.2, 0.25) is 0 Å². The summed E-state index contributed by atoms with van der Waals surface area (Å²) >= 11 is 2.24. The maximum Gasteiger partial charge on any atom is 0.153 e. The third-order valence-corrected chi connectivity index (χ3v) is 2.51. The van der Waals surface area contributed by atoms with E-state index in [0.29, 0.717) is 5.82 Å². The molecule has 0 atom stereocenters. The van der Waals surface area contributed by atoms with E-state index in [2.05, 4.69) is 32.7 Å². The van der Waals surface area contributed by atoms with Gasteiger partial charge in [-0.3, -0.25) is 0 Å². The monoisotopic (exact) mass is 303 g/mol. The van der Waals surface area contributed by atoms with Gasteiger partial charge in [-0.25, -0.2) is 14.1 Å². The van der Waals surface area contributed by atoms with Gasteiger partial charge in [0.05, 0.1) is 11.9 Å². The Morgan fingerprint density at radius 1 is 1.36 bits per heavy atom. The molecule has 0 fully saturated rings. The van der Waals surface area contributed by atoms with Crippen LogP contribution < -0.4 is 0 Å². The average Bonchev–Trinajstić information content (AvgIpc) is 2.67. The van der Waals surface area contributed by atoms with E-state index in [1.807, 2.05) is 12.3 Å². The Kier molecular flexibility index (Phi) is 2.76. The van der Waals surface area contributed by atoms with Crippen LogP contribution in [0.25, 0.3) is 5.82 Å². The molecule has 0 N–H and O–H groups in total. The number of alkyl halides is 1. The van der Waals surface area contributed by atoms with Gasteiger partial charge in [-0.15, -0.1) is 0 Å². The van der Waals surface area contributed by atoms with Crippen molar-refractivity contribution in [3.05, 3.63) is 42.1 Å². The quantitative estimate of drug-likeness (QED) is 0.630. The summed E-state index contributed by atoms with van der Waals surface area (Å²) in [5.41, 5.74) is 0.983. The van der Waals surface area contributed by atoms with Crippen LogP contribution >= 0.6 is 22.6 Å². The largest absolute Gasteiger partial charge is 0.234 e. The van der Waals surface area contributed by atoms with Crippen LogP contribution in [-0.2, 0) is 4.43 Å². The van der Waals surface area contributed by atoms with E-state index in [1.165, 1.54) is 12.3 Å². The molecule has 0 aromatic carbocycles. The maximum atomic E-state index is 12.6. The van der Waals surface area contributed by atoms with Crippen LogP contribution in [-0.4, -0.2) is 14.8 Å². The summed E-state index contributed by atoms with van der Waals surface area (Å²) in [4.78, 5) is 3.92. The summed E-state index contributed by atoms with van der Waals surface area (Å²) in [6.07, 6.45) is 3.00.